The first-order valence-electron chi connectivity index (χ1n) is 9.87. The van der Waals surface area contributed by atoms with Crippen molar-refractivity contribution in [3.05, 3.63) is 58.4 Å². The van der Waals surface area contributed by atoms with Crippen molar-refractivity contribution in [1.82, 2.24) is 10.3 Å². The Bertz CT molecular complexity index is 1030. The lowest BCUT2D eigenvalue weighted by Crippen LogP contribution is -2.42. The SMILES string of the molecule is CN(c1cc(C(F)(F)F)nc2ccccc12)C1CCC(NC(=O)c2cccs2)CC1. The Morgan fingerprint density at radius 3 is 2.53 bits per heavy atom. The Balaban J connectivity index is 1.49. The molecule has 0 saturated heterocycles. The van der Waals surface area contributed by atoms with Crippen LogP contribution >= 0.6 is 11.3 Å². The molecule has 8 heteroatoms. The van der Waals surface area contributed by atoms with Gasteiger partial charge in [-0.2, -0.15) is 13.2 Å². The molecule has 1 saturated carbocycles. The second-order valence-corrected chi connectivity index (χ2v) is 8.56. The van der Waals surface area contributed by atoms with E-state index in [4.69, 9.17) is 0 Å². The Labute approximate surface area is 176 Å². The summed E-state index contributed by atoms with van der Waals surface area (Å²) in [5.74, 6) is -0.0586. The normalized spacial score (nSPS) is 19.6. The lowest BCUT2D eigenvalue weighted by Gasteiger charge is -2.36. The molecular weight excluding hydrogens is 411 g/mol. The predicted molar refractivity (Wildman–Crippen MR) is 113 cm³/mol. The highest BCUT2D eigenvalue weighted by Gasteiger charge is 2.34. The molecule has 0 spiro atoms. The van der Waals surface area contributed by atoms with Crippen LogP contribution in [0.2, 0.25) is 0 Å². The van der Waals surface area contributed by atoms with Crippen LogP contribution in [0, 0.1) is 0 Å². The zero-order valence-corrected chi connectivity index (χ0v) is 17.3. The second-order valence-electron chi connectivity index (χ2n) is 7.61. The number of hydrogen-bond donors (Lipinski definition) is 1. The third kappa shape index (κ3) is 4.28. The minimum absolute atomic E-state index is 0.0586. The van der Waals surface area contributed by atoms with E-state index in [9.17, 15) is 18.0 Å². The smallest absolute Gasteiger partial charge is 0.371 e. The third-order valence-electron chi connectivity index (χ3n) is 5.69. The topological polar surface area (TPSA) is 45.2 Å². The van der Waals surface area contributed by atoms with Crippen LogP contribution in [0.1, 0.15) is 41.0 Å². The fourth-order valence-corrected chi connectivity index (χ4v) is 4.69. The van der Waals surface area contributed by atoms with E-state index >= 15 is 0 Å². The number of aromatic nitrogens is 1. The first-order valence-corrected chi connectivity index (χ1v) is 10.7. The molecule has 1 amide bonds. The van der Waals surface area contributed by atoms with Crippen molar-refractivity contribution in [2.24, 2.45) is 0 Å². The van der Waals surface area contributed by atoms with Crippen molar-refractivity contribution < 1.29 is 18.0 Å². The average Bonchev–Trinajstić information content (AvgIpc) is 3.27. The number of hydrogen-bond acceptors (Lipinski definition) is 4. The van der Waals surface area contributed by atoms with Crippen LogP contribution in [-0.2, 0) is 6.18 Å². The highest BCUT2D eigenvalue weighted by Crippen LogP contribution is 2.36. The second kappa shape index (κ2) is 8.26. The number of carbonyl (C=O) groups excluding carboxylic acids is 1. The van der Waals surface area contributed by atoms with Crippen LogP contribution in [0.4, 0.5) is 18.9 Å². The van der Waals surface area contributed by atoms with Gasteiger partial charge in [-0.3, -0.25) is 4.79 Å². The number of nitrogens with zero attached hydrogens (tertiary/aromatic N) is 2. The van der Waals surface area contributed by atoms with Gasteiger partial charge < -0.3 is 10.2 Å². The standard InChI is InChI=1S/C22H22F3N3OS/c1-28(15-10-8-14(9-11-15)26-21(29)19-7-4-12-30-19)18-13-20(22(23,24)25)27-17-6-3-2-5-16(17)18/h2-7,12-15H,8-11H2,1H3,(H,26,29). The molecule has 0 atom stereocenters. The van der Waals surface area contributed by atoms with E-state index in [1.807, 2.05) is 29.5 Å². The molecule has 0 radical (unpaired) electrons. The van der Waals surface area contributed by atoms with Gasteiger partial charge in [-0.05, 0) is 49.3 Å². The van der Waals surface area contributed by atoms with Gasteiger partial charge >= 0.3 is 6.18 Å². The summed E-state index contributed by atoms with van der Waals surface area (Å²) in [5, 5.41) is 5.65. The van der Waals surface area contributed by atoms with E-state index in [1.54, 1.807) is 24.3 Å². The number of halogens is 3. The van der Waals surface area contributed by atoms with E-state index in [-0.39, 0.29) is 18.0 Å². The number of alkyl halides is 3. The van der Waals surface area contributed by atoms with Gasteiger partial charge in [0, 0.05) is 30.2 Å². The summed E-state index contributed by atoms with van der Waals surface area (Å²) in [7, 11) is 1.84. The minimum atomic E-state index is -4.50. The fraction of sp³-hybridized carbons (Fsp3) is 0.364. The molecule has 0 bridgehead atoms. The quantitative estimate of drug-likeness (QED) is 0.592. The average molecular weight is 433 g/mol. The Kier molecular flexibility index (Phi) is 5.69. The summed E-state index contributed by atoms with van der Waals surface area (Å²) >= 11 is 1.41. The molecule has 4 rings (SSSR count). The van der Waals surface area contributed by atoms with Crippen LogP contribution in [-0.4, -0.2) is 30.0 Å². The van der Waals surface area contributed by atoms with E-state index in [0.717, 1.165) is 31.7 Å². The highest BCUT2D eigenvalue weighted by molar-refractivity contribution is 7.12. The first kappa shape index (κ1) is 20.7. The first-order chi connectivity index (χ1) is 14.3. The fourth-order valence-electron chi connectivity index (χ4n) is 4.06. The summed E-state index contributed by atoms with van der Waals surface area (Å²) in [4.78, 5) is 18.7. The monoisotopic (exact) mass is 433 g/mol. The van der Waals surface area contributed by atoms with E-state index < -0.39 is 11.9 Å². The number of amides is 1. The number of rotatable bonds is 4. The third-order valence-corrected chi connectivity index (χ3v) is 6.56. The predicted octanol–water partition coefficient (Wildman–Crippen LogP) is 5.49. The molecule has 0 unspecified atom stereocenters. The van der Waals surface area contributed by atoms with Crippen LogP contribution in [0.5, 0.6) is 0 Å². The summed E-state index contributed by atoms with van der Waals surface area (Å²) in [5.41, 5.74) is 0.00464. The highest BCUT2D eigenvalue weighted by atomic mass is 32.1. The number of carbonyl (C=O) groups is 1. The zero-order valence-electron chi connectivity index (χ0n) is 16.4. The van der Waals surface area contributed by atoms with Gasteiger partial charge in [0.05, 0.1) is 10.4 Å². The molecule has 3 aromatic rings. The molecule has 1 aliphatic carbocycles. The van der Waals surface area contributed by atoms with Crippen molar-refractivity contribution in [3.8, 4) is 0 Å². The zero-order chi connectivity index (χ0) is 21.3. The molecule has 1 fully saturated rings. The number of thiophene rings is 1. The minimum Gasteiger partial charge on any atom is -0.371 e. The molecule has 4 nitrogen and oxygen atoms in total. The van der Waals surface area contributed by atoms with Crippen molar-refractivity contribution in [1.29, 1.82) is 0 Å². The van der Waals surface area contributed by atoms with Crippen molar-refractivity contribution in [3.63, 3.8) is 0 Å². The summed E-state index contributed by atoms with van der Waals surface area (Å²) in [6, 6.07) is 11.9. The Hall–Kier alpha value is -2.61. The lowest BCUT2D eigenvalue weighted by molar-refractivity contribution is -0.140. The van der Waals surface area contributed by atoms with Crippen LogP contribution in [0.15, 0.2) is 47.8 Å². The Morgan fingerprint density at radius 1 is 1.13 bits per heavy atom. The number of pyridine rings is 1. The summed E-state index contributed by atoms with van der Waals surface area (Å²) in [6.45, 7) is 0. The Morgan fingerprint density at radius 2 is 1.87 bits per heavy atom. The number of para-hydroxylation sites is 1. The molecule has 2 aromatic heterocycles. The molecule has 1 aliphatic rings. The van der Waals surface area contributed by atoms with Crippen LogP contribution in [0.3, 0.4) is 0 Å². The maximum Gasteiger partial charge on any atom is 0.433 e. The van der Waals surface area contributed by atoms with Crippen molar-refractivity contribution in [2.45, 2.75) is 43.9 Å². The summed E-state index contributed by atoms with van der Waals surface area (Å²) < 4.78 is 40.1. The van der Waals surface area contributed by atoms with Gasteiger partial charge in [-0.15, -0.1) is 11.3 Å². The lowest BCUT2D eigenvalue weighted by atomic mass is 9.89. The van der Waals surface area contributed by atoms with Gasteiger partial charge in [-0.25, -0.2) is 4.98 Å². The van der Waals surface area contributed by atoms with Crippen molar-refractivity contribution in [2.75, 3.05) is 11.9 Å². The van der Waals surface area contributed by atoms with Gasteiger partial charge in [0.25, 0.3) is 5.91 Å². The van der Waals surface area contributed by atoms with Gasteiger partial charge in [0.1, 0.15) is 5.69 Å². The van der Waals surface area contributed by atoms with Crippen LogP contribution in [0.25, 0.3) is 10.9 Å². The number of anilines is 1. The van der Waals surface area contributed by atoms with Crippen molar-refractivity contribution >= 4 is 33.8 Å². The van der Waals surface area contributed by atoms with Crippen LogP contribution < -0.4 is 10.2 Å². The maximum atomic E-state index is 13.4. The molecule has 1 aromatic carbocycles. The summed E-state index contributed by atoms with van der Waals surface area (Å²) in [6.07, 6.45) is -1.32. The molecule has 2 heterocycles. The molecular formula is C22H22F3N3OS. The molecule has 30 heavy (non-hydrogen) atoms. The number of nitrogens with one attached hydrogen (secondary N) is 1. The van der Waals surface area contributed by atoms with E-state index in [1.165, 1.54) is 11.3 Å². The van der Waals surface area contributed by atoms with E-state index in [0.29, 0.717) is 21.5 Å². The maximum absolute atomic E-state index is 13.4. The largest absolute Gasteiger partial charge is 0.433 e. The van der Waals surface area contributed by atoms with Gasteiger partial charge in [0.2, 0.25) is 0 Å². The van der Waals surface area contributed by atoms with Gasteiger partial charge in [-0.1, -0.05) is 24.3 Å². The molecule has 158 valence electrons. The number of fused-ring (bicyclic) bond motifs is 1. The van der Waals surface area contributed by atoms with E-state index in [2.05, 4.69) is 10.3 Å². The molecule has 0 aliphatic heterocycles. The number of benzene rings is 1. The molecule has 1 N–H and O–H groups in total. The van der Waals surface area contributed by atoms with Gasteiger partial charge in [0.15, 0.2) is 0 Å².